The van der Waals surface area contributed by atoms with Crippen LogP contribution in [0.25, 0.3) is 0 Å². The van der Waals surface area contributed by atoms with Gasteiger partial charge in [-0.15, -0.1) is 0 Å². The zero-order valence-corrected chi connectivity index (χ0v) is 12.2. The number of aliphatic carboxylic acids is 1. The van der Waals surface area contributed by atoms with Crippen LogP contribution in [0, 0.1) is 0 Å². The number of carbonyl (C=O) groups is 2. The molecule has 5 heteroatoms. The predicted octanol–water partition coefficient (Wildman–Crippen LogP) is 1.67. The van der Waals surface area contributed by atoms with Crippen LogP contribution in [0.5, 0.6) is 0 Å². The molecular weight excluding hydrogens is 270 g/mol. The Morgan fingerprint density at radius 1 is 1.24 bits per heavy atom. The highest BCUT2D eigenvalue weighted by Gasteiger charge is 2.38. The van der Waals surface area contributed by atoms with E-state index in [1.54, 1.807) is 36.1 Å². The van der Waals surface area contributed by atoms with Crippen molar-refractivity contribution in [3.05, 3.63) is 35.9 Å². The van der Waals surface area contributed by atoms with Crippen LogP contribution in [-0.4, -0.2) is 48.2 Å². The molecule has 5 nitrogen and oxygen atoms in total. The van der Waals surface area contributed by atoms with Gasteiger partial charge in [0, 0.05) is 26.1 Å². The average molecular weight is 291 g/mol. The molecule has 0 radical (unpaired) electrons. The first-order valence-corrected chi connectivity index (χ1v) is 7.18. The fraction of sp³-hybridized carbons (Fsp3) is 0.500. The first-order chi connectivity index (χ1) is 10.0. The molecule has 114 valence electrons. The molecule has 0 saturated carbocycles. The SMILES string of the molecule is CC(CC(=O)N1CCCOCC1)(C(=O)O)c1ccccc1. The predicted molar refractivity (Wildman–Crippen MR) is 78.1 cm³/mol. The van der Waals surface area contributed by atoms with Crippen molar-refractivity contribution < 1.29 is 19.4 Å². The Morgan fingerprint density at radius 3 is 2.62 bits per heavy atom. The van der Waals surface area contributed by atoms with Gasteiger partial charge in [0.1, 0.15) is 0 Å². The van der Waals surface area contributed by atoms with Gasteiger partial charge in [0.15, 0.2) is 0 Å². The van der Waals surface area contributed by atoms with Crippen molar-refractivity contribution in [2.45, 2.75) is 25.2 Å². The summed E-state index contributed by atoms with van der Waals surface area (Å²) < 4.78 is 5.33. The van der Waals surface area contributed by atoms with Crippen LogP contribution in [0.2, 0.25) is 0 Å². The van der Waals surface area contributed by atoms with Crippen LogP contribution in [0.15, 0.2) is 30.3 Å². The van der Waals surface area contributed by atoms with Crippen LogP contribution in [0.3, 0.4) is 0 Å². The molecule has 1 aliphatic rings. The van der Waals surface area contributed by atoms with Gasteiger partial charge >= 0.3 is 5.97 Å². The van der Waals surface area contributed by atoms with Gasteiger partial charge in [0.05, 0.1) is 12.0 Å². The molecule has 1 aromatic carbocycles. The summed E-state index contributed by atoms with van der Waals surface area (Å²) in [5.41, 5.74) is -0.553. The lowest BCUT2D eigenvalue weighted by Gasteiger charge is -2.28. The lowest BCUT2D eigenvalue weighted by molar-refractivity contribution is -0.147. The van der Waals surface area contributed by atoms with Gasteiger partial charge in [-0.05, 0) is 18.9 Å². The third kappa shape index (κ3) is 3.61. The minimum atomic E-state index is -1.20. The molecule has 1 amide bonds. The monoisotopic (exact) mass is 291 g/mol. The van der Waals surface area contributed by atoms with Crippen LogP contribution in [0.4, 0.5) is 0 Å². The zero-order chi connectivity index (χ0) is 15.3. The van der Waals surface area contributed by atoms with E-state index >= 15 is 0 Å². The normalized spacial score (nSPS) is 18.6. The number of carboxylic acids is 1. The number of amides is 1. The lowest BCUT2D eigenvalue weighted by Crippen LogP contribution is -2.41. The van der Waals surface area contributed by atoms with Crippen LogP contribution in [0.1, 0.15) is 25.3 Å². The molecular formula is C16H21NO4. The van der Waals surface area contributed by atoms with E-state index in [1.807, 2.05) is 6.07 Å². The standard InChI is InChI=1S/C16H21NO4/c1-16(15(19)20,13-6-3-2-4-7-13)12-14(18)17-8-5-10-21-11-9-17/h2-4,6-7H,5,8-12H2,1H3,(H,19,20). The maximum Gasteiger partial charge on any atom is 0.314 e. The van der Waals surface area contributed by atoms with Crippen molar-refractivity contribution in [2.24, 2.45) is 0 Å². The number of nitrogens with zero attached hydrogens (tertiary/aromatic N) is 1. The van der Waals surface area contributed by atoms with E-state index in [4.69, 9.17) is 4.74 Å². The summed E-state index contributed by atoms with van der Waals surface area (Å²) in [5, 5.41) is 9.59. The van der Waals surface area contributed by atoms with Crippen LogP contribution < -0.4 is 0 Å². The van der Waals surface area contributed by atoms with Gasteiger partial charge in [0.25, 0.3) is 0 Å². The third-order valence-electron chi connectivity index (χ3n) is 3.96. The van der Waals surface area contributed by atoms with Crippen molar-refractivity contribution >= 4 is 11.9 Å². The molecule has 1 fully saturated rings. The minimum absolute atomic E-state index is 0.0354. The number of hydrogen-bond acceptors (Lipinski definition) is 3. The average Bonchev–Trinajstić information content (AvgIpc) is 2.77. The zero-order valence-electron chi connectivity index (χ0n) is 12.2. The van der Waals surface area contributed by atoms with Gasteiger partial charge in [-0.25, -0.2) is 0 Å². The van der Waals surface area contributed by atoms with E-state index in [0.717, 1.165) is 6.42 Å². The van der Waals surface area contributed by atoms with E-state index in [1.165, 1.54) is 0 Å². The Balaban J connectivity index is 2.16. The topological polar surface area (TPSA) is 66.8 Å². The van der Waals surface area contributed by atoms with Crippen molar-refractivity contribution in [3.8, 4) is 0 Å². The molecule has 2 rings (SSSR count). The number of hydrogen-bond donors (Lipinski definition) is 1. The molecule has 1 saturated heterocycles. The molecule has 21 heavy (non-hydrogen) atoms. The highest BCUT2D eigenvalue weighted by molar-refractivity contribution is 5.89. The molecule has 0 spiro atoms. The molecule has 0 aromatic heterocycles. The van der Waals surface area contributed by atoms with E-state index in [0.29, 0.717) is 31.9 Å². The van der Waals surface area contributed by atoms with Crippen LogP contribution in [-0.2, 0) is 19.7 Å². The van der Waals surface area contributed by atoms with Gasteiger partial charge in [-0.2, -0.15) is 0 Å². The Kier molecular flexibility index (Phi) is 4.96. The quantitative estimate of drug-likeness (QED) is 0.916. The van der Waals surface area contributed by atoms with Crippen molar-refractivity contribution in [1.82, 2.24) is 4.90 Å². The summed E-state index contributed by atoms with van der Waals surface area (Å²) in [4.78, 5) is 25.9. The molecule has 0 aliphatic carbocycles. The van der Waals surface area contributed by atoms with Crippen molar-refractivity contribution in [2.75, 3.05) is 26.3 Å². The molecule has 1 aliphatic heterocycles. The minimum Gasteiger partial charge on any atom is -0.481 e. The molecule has 1 N–H and O–H groups in total. The number of rotatable bonds is 4. The summed E-state index contributed by atoms with van der Waals surface area (Å²) in [5.74, 6) is -1.11. The van der Waals surface area contributed by atoms with Gasteiger partial charge in [0.2, 0.25) is 5.91 Å². The number of carbonyl (C=O) groups excluding carboxylic acids is 1. The summed E-state index contributed by atoms with van der Waals surface area (Å²) >= 11 is 0. The first kappa shape index (κ1) is 15.5. The second-order valence-corrected chi connectivity index (χ2v) is 5.53. The molecule has 1 heterocycles. The fourth-order valence-electron chi connectivity index (χ4n) is 2.52. The molecule has 1 aromatic rings. The maximum atomic E-state index is 12.5. The summed E-state index contributed by atoms with van der Waals surface area (Å²) in [6, 6.07) is 8.93. The van der Waals surface area contributed by atoms with Crippen molar-refractivity contribution in [1.29, 1.82) is 0 Å². The lowest BCUT2D eigenvalue weighted by atomic mass is 9.79. The third-order valence-corrected chi connectivity index (χ3v) is 3.96. The fourth-order valence-corrected chi connectivity index (χ4v) is 2.52. The maximum absolute atomic E-state index is 12.5. The van der Waals surface area contributed by atoms with E-state index in [-0.39, 0.29) is 12.3 Å². The first-order valence-electron chi connectivity index (χ1n) is 7.18. The highest BCUT2D eigenvalue weighted by Crippen LogP contribution is 2.29. The second kappa shape index (κ2) is 6.72. The number of carboxylic acid groups (broad SMARTS) is 1. The highest BCUT2D eigenvalue weighted by atomic mass is 16.5. The number of benzene rings is 1. The van der Waals surface area contributed by atoms with Crippen LogP contribution >= 0.6 is 0 Å². The van der Waals surface area contributed by atoms with E-state index in [9.17, 15) is 14.7 Å². The number of ether oxygens (including phenoxy) is 1. The Morgan fingerprint density at radius 2 is 1.95 bits per heavy atom. The second-order valence-electron chi connectivity index (χ2n) is 5.53. The smallest absolute Gasteiger partial charge is 0.314 e. The van der Waals surface area contributed by atoms with E-state index in [2.05, 4.69) is 0 Å². The Labute approximate surface area is 124 Å². The summed E-state index contributed by atoms with van der Waals surface area (Å²) in [7, 11) is 0. The Bertz CT molecular complexity index is 494. The van der Waals surface area contributed by atoms with Gasteiger partial charge in [-0.3, -0.25) is 9.59 Å². The largest absolute Gasteiger partial charge is 0.481 e. The Hall–Kier alpha value is -1.88. The van der Waals surface area contributed by atoms with Gasteiger partial charge < -0.3 is 14.7 Å². The summed E-state index contributed by atoms with van der Waals surface area (Å²) in [6.45, 7) is 3.93. The summed E-state index contributed by atoms with van der Waals surface area (Å²) in [6.07, 6.45) is 0.757. The molecule has 1 unspecified atom stereocenters. The van der Waals surface area contributed by atoms with E-state index < -0.39 is 11.4 Å². The van der Waals surface area contributed by atoms with Crippen molar-refractivity contribution in [3.63, 3.8) is 0 Å². The molecule has 1 atom stereocenters. The van der Waals surface area contributed by atoms with Gasteiger partial charge in [-0.1, -0.05) is 30.3 Å². The molecule has 0 bridgehead atoms.